The van der Waals surface area contributed by atoms with Gasteiger partial charge in [-0.2, -0.15) is 0 Å². The lowest BCUT2D eigenvalue weighted by molar-refractivity contribution is 0.0936. The largest absolute Gasteiger partial charge is 0.383 e. The number of pyridine rings is 1. The molecule has 0 fully saturated rings. The third-order valence-electron chi connectivity index (χ3n) is 4.34. The number of nitrogens with one attached hydrogen (secondary N) is 1. The maximum absolute atomic E-state index is 13.3. The molecular formula is C23H23N3O3. The molecule has 0 atom stereocenters. The lowest BCUT2D eigenvalue weighted by Gasteiger charge is -2.23. The molecule has 29 heavy (non-hydrogen) atoms. The summed E-state index contributed by atoms with van der Waals surface area (Å²) in [7, 11) is 1.57. The van der Waals surface area contributed by atoms with E-state index >= 15 is 0 Å². The standard InChI is InChI=1S/C23H23N3O3/c1-29-13-12-25-22(27)19-14-20(16-24-15-19)23(28)26(21-10-6-3-7-11-21)17-18-8-4-2-5-9-18/h2-11,14-16H,12-13,17H2,1H3,(H,25,27). The van der Waals surface area contributed by atoms with E-state index in [0.717, 1.165) is 11.3 Å². The van der Waals surface area contributed by atoms with Crippen LogP contribution in [0.2, 0.25) is 0 Å². The van der Waals surface area contributed by atoms with Gasteiger partial charge < -0.3 is 15.0 Å². The Morgan fingerprint density at radius 1 is 0.966 bits per heavy atom. The van der Waals surface area contributed by atoms with Crippen LogP contribution in [0.15, 0.2) is 79.1 Å². The van der Waals surface area contributed by atoms with E-state index in [4.69, 9.17) is 4.74 Å². The number of nitrogens with zero attached hydrogens (tertiary/aromatic N) is 2. The quantitative estimate of drug-likeness (QED) is 0.600. The van der Waals surface area contributed by atoms with Gasteiger partial charge in [-0.15, -0.1) is 0 Å². The maximum atomic E-state index is 13.3. The van der Waals surface area contributed by atoms with E-state index < -0.39 is 0 Å². The van der Waals surface area contributed by atoms with Gasteiger partial charge in [0.15, 0.2) is 0 Å². The van der Waals surface area contributed by atoms with E-state index in [1.165, 1.54) is 12.4 Å². The van der Waals surface area contributed by atoms with Gasteiger partial charge in [0, 0.05) is 31.7 Å². The molecule has 0 saturated heterocycles. The minimum Gasteiger partial charge on any atom is -0.383 e. The number of amides is 2. The van der Waals surface area contributed by atoms with E-state index in [1.807, 2.05) is 60.7 Å². The molecule has 2 aromatic carbocycles. The number of hydrogen-bond donors (Lipinski definition) is 1. The molecule has 0 radical (unpaired) electrons. The Morgan fingerprint density at radius 3 is 2.31 bits per heavy atom. The number of carbonyl (C=O) groups excluding carboxylic acids is 2. The molecule has 0 spiro atoms. The summed E-state index contributed by atoms with van der Waals surface area (Å²) in [6.45, 7) is 1.21. The van der Waals surface area contributed by atoms with Crippen molar-refractivity contribution in [2.45, 2.75) is 6.54 Å². The fourth-order valence-electron chi connectivity index (χ4n) is 2.86. The third kappa shape index (κ3) is 5.49. The molecule has 0 saturated carbocycles. The zero-order valence-corrected chi connectivity index (χ0v) is 16.2. The minimum absolute atomic E-state index is 0.223. The number of anilines is 1. The molecule has 6 nitrogen and oxygen atoms in total. The molecule has 0 aliphatic carbocycles. The van der Waals surface area contributed by atoms with Gasteiger partial charge in [0.25, 0.3) is 11.8 Å². The van der Waals surface area contributed by atoms with Crippen LogP contribution in [0.1, 0.15) is 26.3 Å². The first-order valence-corrected chi connectivity index (χ1v) is 9.32. The summed E-state index contributed by atoms with van der Waals surface area (Å²) >= 11 is 0. The number of para-hydroxylation sites is 1. The molecule has 0 bridgehead atoms. The second-order valence-electron chi connectivity index (χ2n) is 6.42. The Balaban J connectivity index is 1.86. The van der Waals surface area contributed by atoms with Crippen molar-refractivity contribution in [3.8, 4) is 0 Å². The Bertz CT molecular complexity index is 946. The summed E-state index contributed by atoms with van der Waals surface area (Å²) in [5.74, 6) is -0.516. The van der Waals surface area contributed by atoms with Crippen molar-refractivity contribution in [3.05, 3.63) is 95.8 Å². The van der Waals surface area contributed by atoms with Crippen LogP contribution in [0.3, 0.4) is 0 Å². The summed E-state index contributed by atoms with van der Waals surface area (Å²) in [6, 6.07) is 20.8. The van der Waals surface area contributed by atoms with Crippen molar-refractivity contribution in [2.24, 2.45) is 0 Å². The molecule has 2 amide bonds. The Morgan fingerprint density at radius 2 is 1.62 bits per heavy atom. The van der Waals surface area contributed by atoms with Gasteiger partial charge in [-0.1, -0.05) is 48.5 Å². The average Bonchev–Trinajstić information content (AvgIpc) is 2.78. The van der Waals surface area contributed by atoms with Crippen LogP contribution in [-0.4, -0.2) is 37.1 Å². The number of ether oxygens (including phenoxy) is 1. The first-order valence-electron chi connectivity index (χ1n) is 9.32. The lowest BCUT2D eigenvalue weighted by atomic mass is 10.1. The van der Waals surface area contributed by atoms with Gasteiger partial charge in [-0.05, 0) is 23.8 Å². The molecule has 0 aliphatic rings. The third-order valence-corrected chi connectivity index (χ3v) is 4.34. The highest BCUT2D eigenvalue weighted by Gasteiger charge is 2.20. The second-order valence-corrected chi connectivity index (χ2v) is 6.42. The first kappa shape index (κ1) is 20.2. The smallest absolute Gasteiger partial charge is 0.260 e. The van der Waals surface area contributed by atoms with Crippen LogP contribution in [0.4, 0.5) is 5.69 Å². The highest BCUT2D eigenvalue weighted by Crippen LogP contribution is 2.20. The van der Waals surface area contributed by atoms with E-state index in [2.05, 4.69) is 10.3 Å². The van der Waals surface area contributed by atoms with Crippen molar-refractivity contribution < 1.29 is 14.3 Å². The minimum atomic E-state index is -0.293. The molecule has 3 rings (SSSR count). The molecular weight excluding hydrogens is 366 g/mol. The van der Waals surface area contributed by atoms with Crippen molar-refractivity contribution in [3.63, 3.8) is 0 Å². The van der Waals surface area contributed by atoms with Crippen LogP contribution in [0.5, 0.6) is 0 Å². The van der Waals surface area contributed by atoms with Gasteiger partial charge in [-0.25, -0.2) is 0 Å². The molecule has 1 heterocycles. The second kappa shape index (κ2) is 10.1. The summed E-state index contributed by atoms with van der Waals surface area (Å²) in [5.41, 5.74) is 2.46. The average molecular weight is 389 g/mol. The SMILES string of the molecule is COCCNC(=O)c1cncc(C(=O)N(Cc2ccccc2)c2ccccc2)c1. The van der Waals surface area contributed by atoms with E-state index in [-0.39, 0.29) is 11.8 Å². The van der Waals surface area contributed by atoms with Gasteiger partial charge >= 0.3 is 0 Å². The molecule has 0 unspecified atom stereocenters. The highest BCUT2D eigenvalue weighted by atomic mass is 16.5. The highest BCUT2D eigenvalue weighted by molar-refractivity contribution is 6.07. The first-order chi connectivity index (χ1) is 14.2. The number of carbonyl (C=O) groups is 2. The molecule has 3 aromatic rings. The van der Waals surface area contributed by atoms with Crippen LogP contribution in [0.25, 0.3) is 0 Å². The molecule has 1 N–H and O–H groups in total. The van der Waals surface area contributed by atoms with Crippen LogP contribution in [0, 0.1) is 0 Å². The predicted molar refractivity (Wildman–Crippen MR) is 112 cm³/mol. The zero-order chi connectivity index (χ0) is 20.5. The van der Waals surface area contributed by atoms with Crippen LogP contribution < -0.4 is 10.2 Å². The van der Waals surface area contributed by atoms with E-state index in [1.54, 1.807) is 18.1 Å². The molecule has 0 aliphatic heterocycles. The molecule has 6 heteroatoms. The van der Waals surface area contributed by atoms with Crippen LogP contribution in [-0.2, 0) is 11.3 Å². The van der Waals surface area contributed by atoms with E-state index in [0.29, 0.717) is 30.8 Å². The number of rotatable bonds is 8. The van der Waals surface area contributed by atoms with Gasteiger partial charge in [-0.3, -0.25) is 14.6 Å². The normalized spacial score (nSPS) is 10.4. The number of aromatic nitrogens is 1. The van der Waals surface area contributed by atoms with Crippen molar-refractivity contribution >= 4 is 17.5 Å². The van der Waals surface area contributed by atoms with Gasteiger partial charge in [0.2, 0.25) is 0 Å². The maximum Gasteiger partial charge on any atom is 0.260 e. The predicted octanol–water partition coefficient (Wildman–Crippen LogP) is 3.30. The fourth-order valence-corrected chi connectivity index (χ4v) is 2.86. The number of benzene rings is 2. The number of hydrogen-bond acceptors (Lipinski definition) is 4. The summed E-state index contributed by atoms with van der Waals surface area (Å²) in [6.07, 6.45) is 2.93. The summed E-state index contributed by atoms with van der Waals surface area (Å²) < 4.78 is 4.94. The van der Waals surface area contributed by atoms with Crippen LogP contribution >= 0.6 is 0 Å². The van der Waals surface area contributed by atoms with Crippen molar-refractivity contribution in [2.75, 3.05) is 25.2 Å². The number of methoxy groups -OCH3 is 1. The summed E-state index contributed by atoms with van der Waals surface area (Å²) in [4.78, 5) is 31.4. The van der Waals surface area contributed by atoms with E-state index in [9.17, 15) is 9.59 Å². The Kier molecular flexibility index (Phi) is 7.08. The van der Waals surface area contributed by atoms with Gasteiger partial charge in [0.1, 0.15) is 0 Å². The molecule has 1 aromatic heterocycles. The zero-order valence-electron chi connectivity index (χ0n) is 16.2. The van der Waals surface area contributed by atoms with Crippen molar-refractivity contribution in [1.29, 1.82) is 0 Å². The fraction of sp³-hybridized carbons (Fsp3) is 0.174. The van der Waals surface area contributed by atoms with Crippen molar-refractivity contribution in [1.82, 2.24) is 10.3 Å². The topological polar surface area (TPSA) is 71.5 Å². The Labute approximate surface area is 170 Å². The Hall–Kier alpha value is -3.51. The molecule has 148 valence electrons. The lowest BCUT2D eigenvalue weighted by Crippen LogP contribution is -2.31. The van der Waals surface area contributed by atoms with Gasteiger partial charge in [0.05, 0.1) is 24.3 Å². The monoisotopic (exact) mass is 389 g/mol. The summed E-state index contributed by atoms with van der Waals surface area (Å²) in [5, 5.41) is 2.74.